The maximum Gasteiger partial charge on any atom is 0.196 e. The van der Waals surface area contributed by atoms with Crippen molar-refractivity contribution in [2.24, 2.45) is 0 Å². The summed E-state index contributed by atoms with van der Waals surface area (Å²) in [7, 11) is 0. The van der Waals surface area contributed by atoms with Crippen LogP contribution in [-0.2, 0) is 12.2 Å². The predicted molar refractivity (Wildman–Crippen MR) is 136 cm³/mol. The summed E-state index contributed by atoms with van der Waals surface area (Å²) in [4.78, 5) is 3.37. The van der Waals surface area contributed by atoms with Crippen LogP contribution >= 0.6 is 11.8 Å². The molecule has 6 rings (SSSR count). The van der Waals surface area contributed by atoms with Gasteiger partial charge in [-0.15, -0.1) is 10.2 Å². The Morgan fingerprint density at radius 3 is 2.36 bits per heavy atom. The van der Waals surface area contributed by atoms with Gasteiger partial charge in [0, 0.05) is 35.0 Å². The second-order valence-electron chi connectivity index (χ2n) is 8.03. The number of H-pyrrole nitrogens is 1. The van der Waals surface area contributed by atoms with E-state index in [1.807, 2.05) is 6.07 Å². The second kappa shape index (κ2) is 8.60. The molecule has 0 unspecified atom stereocenters. The first-order chi connectivity index (χ1) is 16.4. The van der Waals surface area contributed by atoms with Crippen LogP contribution in [0.4, 0.5) is 0 Å². The van der Waals surface area contributed by atoms with Crippen LogP contribution in [0.3, 0.4) is 0 Å². The number of thioether (sulfide) groups is 1. The number of nitrogens with one attached hydrogen (secondary N) is 1. The number of para-hydroxylation sites is 2. The molecule has 0 aliphatic rings. The highest BCUT2D eigenvalue weighted by Crippen LogP contribution is 2.30. The van der Waals surface area contributed by atoms with Gasteiger partial charge in [-0.2, -0.15) is 0 Å². The van der Waals surface area contributed by atoms with Crippen LogP contribution in [0.15, 0.2) is 108 Å². The van der Waals surface area contributed by atoms with E-state index in [2.05, 4.69) is 117 Å². The minimum Gasteiger partial charge on any atom is -0.361 e. The quantitative estimate of drug-likeness (QED) is 0.287. The normalized spacial score (nSPS) is 11.4. The van der Waals surface area contributed by atoms with Crippen molar-refractivity contribution in [1.29, 1.82) is 0 Å². The average Bonchev–Trinajstić information content (AvgIpc) is 3.47. The van der Waals surface area contributed by atoms with Gasteiger partial charge in [-0.25, -0.2) is 0 Å². The SMILES string of the molecule is c1ccc(-n2c(Cc3cccc4ccccc34)nnc2SCc2c[nH]c3ccccc23)cc1. The molecule has 0 radical (unpaired) electrons. The molecule has 1 N–H and O–H groups in total. The van der Waals surface area contributed by atoms with E-state index in [0.29, 0.717) is 0 Å². The molecule has 0 saturated heterocycles. The van der Waals surface area contributed by atoms with Gasteiger partial charge in [-0.1, -0.05) is 90.6 Å². The maximum absolute atomic E-state index is 4.64. The molecule has 5 heteroatoms. The Morgan fingerprint density at radius 1 is 0.697 bits per heavy atom. The summed E-state index contributed by atoms with van der Waals surface area (Å²) in [6.07, 6.45) is 2.81. The average molecular weight is 447 g/mol. The zero-order valence-corrected chi connectivity index (χ0v) is 18.8. The molecule has 0 aliphatic carbocycles. The van der Waals surface area contributed by atoms with Gasteiger partial charge in [0.2, 0.25) is 0 Å². The molecular weight excluding hydrogens is 424 g/mol. The fraction of sp³-hybridized carbons (Fsp3) is 0.0714. The molecule has 4 aromatic carbocycles. The third-order valence-corrected chi connectivity index (χ3v) is 6.95. The van der Waals surface area contributed by atoms with E-state index in [4.69, 9.17) is 0 Å². The van der Waals surface area contributed by atoms with Crippen LogP contribution in [0.1, 0.15) is 17.0 Å². The topological polar surface area (TPSA) is 46.5 Å². The Balaban J connectivity index is 1.37. The number of aromatic amines is 1. The van der Waals surface area contributed by atoms with Crippen molar-refractivity contribution in [1.82, 2.24) is 19.7 Å². The molecule has 2 heterocycles. The van der Waals surface area contributed by atoms with E-state index < -0.39 is 0 Å². The number of aromatic nitrogens is 4. The molecule has 33 heavy (non-hydrogen) atoms. The number of nitrogens with zero attached hydrogens (tertiary/aromatic N) is 3. The highest BCUT2D eigenvalue weighted by atomic mass is 32.2. The fourth-order valence-electron chi connectivity index (χ4n) is 4.36. The number of rotatable bonds is 6. The van der Waals surface area contributed by atoms with Crippen LogP contribution < -0.4 is 0 Å². The lowest BCUT2D eigenvalue weighted by Crippen LogP contribution is -2.04. The maximum atomic E-state index is 4.64. The Hall–Kier alpha value is -3.83. The van der Waals surface area contributed by atoms with Crippen molar-refractivity contribution < 1.29 is 0 Å². The number of hydrogen-bond donors (Lipinski definition) is 1. The van der Waals surface area contributed by atoms with Crippen LogP contribution in [-0.4, -0.2) is 19.7 Å². The largest absolute Gasteiger partial charge is 0.361 e. The van der Waals surface area contributed by atoms with Crippen LogP contribution in [0, 0.1) is 0 Å². The van der Waals surface area contributed by atoms with Crippen molar-refractivity contribution in [3.63, 3.8) is 0 Å². The van der Waals surface area contributed by atoms with Crippen LogP contribution in [0.2, 0.25) is 0 Å². The summed E-state index contributed by atoms with van der Waals surface area (Å²) in [5, 5.41) is 13.9. The predicted octanol–water partition coefficient (Wildman–Crippen LogP) is 6.78. The lowest BCUT2D eigenvalue weighted by atomic mass is 10.0. The molecule has 0 amide bonds. The zero-order chi connectivity index (χ0) is 22.0. The van der Waals surface area contributed by atoms with Gasteiger partial charge in [0.25, 0.3) is 0 Å². The first-order valence-corrected chi connectivity index (χ1v) is 12.0. The molecule has 0 fully saturated rings. The van der Waals surface area contributed by atoms with E-state index in [9.17, 15) is 0 Å². The van der Waals surface area contributed by atoms with Gasteiger partial charge in [0.1, 0.15) is 5.82 Å². The monoisotopic (exact) mass is 446 g/mol. The Morgan fingerprint density at radius 2 is 1.45 bits per heavy atom. The van der Waals surface area contributed by atoms with E-state index in [-0.39, 0.29) is 0 Å². The number of benzene rings is 4. The summed E-state index contributed by atoms with van der Waals surface area (Å²) in [5.41, 5.74) is 4.77. The van der Waals surface area contributed by atoms with Gasteiger partial charge < -0.3 is 4.98 Å². The van der Waals surface area contributed by atoms with E-state index in [0.717, 1.165) is 34.4 Å². The Labute approximate surface area is 196 Å². The van der Waals surface area contributed by atoms with Crippen molar-refractivity contribution in [2.45, 2.75) is 17.3 Å². The van der Waals surface area contributed by atoms with Gasteiger partial charge in [-0.3, -0.25) is 4.57 Å². The van der Waals surface area contributed by atoms with E-state index in [1.165, 1.54) is 27.3 Å². The second-order valence-corrected chi connectivity index (χ2v) is 8.98. The molecule has 160 valence electrons. The minimum atomic E-state index is 0.719. The zero-order valence-electron chi connectivity index (χ0n) is 18.0. The first kappa shape index (κ1) is 19.8. The third kappa shape index (κ3) is 3.81. The lowest BCUT2D eigenvalue weighted by Gasteiger charge is -2.11. The van der Waals surface area contributed by atoms with E-state index >= 15 is 0 Å². The minimum absolute atomic E-state index is 0.719. The third-order valence-electron chi connectivity index (χ3n) is 5.97. The molecule has 0 spiro atoms. The number of hydrogen-bond acceptors (Lipinski definition) is 3. The standard InChI is InChI=1S/C28H22N4S/c1-2-12-23(13-3-1)32-27(17-21-11-8-10-20-9-4-5-14-24(20)21)30-31-28(32)33-19-22-18-29-26-16-7-6-15-25(22)26/h1-16,18,29H,17,19H2. The molecule has 0 aliphatic heterocycles. The summed E-state index contributed by atoms with van der Waals surface area (Å²) >= 11 is 1.72. The summed E-state index contributed by atoms with van der Waals surface area (Å²) < 4.78 is 2.20. The molecule has 0 saturated carbocycles. The summed E-state index contributed by atoms with van der Waals surface area (Å²) in [5.74, 6) is 1.77. The van der Waals surface area contributed by atoms with Crippen molar-refractivity contribution in [3.05, 3.63) is 120 Å². The lowest BCUT2D eigenvalue weighted by molar-refractivity contribution is 0.849. The van der Waals surface area contributed by atoms with Gasteiger partial charge in [-0.05, 0) is 40.1 Å². The van der Waals surface area contributed by atoms with Crippen LogP contribution in [0.25, 0.3) is 27.4 Å². The van der Waals surface area contributed by atoms with Crippen molar-refractivity contribution in [3.8, 4) is 5.69 Å². The highest BCUT2D eigenvalue weighted by molar-refractivity contribution is 7.98. The van der Waals surface area contributed by atoms with Gasteiger partial charge >= 0.3 is 0 Å². The molecule has 0 atom stereocenters. The van der Waals surface area contributed by atoms with Gasteiger partial charge in [0.05, 0.1) is 0 Å². The van der Waals surface area contributed by atoms with E-state index in [1.54, 1.807) is 11.8 Å². The first-order valence-electron chi connectivity index (χ1n) is 11.0. The highest BCUT2D eigenvalue weighted by Gasteiger charge is 2.16. The fourth-order valence-corrected chi connectivity index (χ4v) is 5.32. The van der Waals surface area contributed by atoms with Crippen molar-refractivity contribution in [2.75, 3.05) is 0 Å². The van der Waals surface area contributed by atoms with Crippen molar-refractivity contribution >= 4 is 33.4 Å². The Bertz CT molecular complexity index is 1540. The molecule has 6 aromatic rings. The van der Waals surface area contributed by atoms with Crippen LogP contribution in [0.5, 0.6) is 0 Å². The summed E-state index contributed by atoms with van der Waals surface area (Å²) in [6.45, 7) is 0. The molecule has 2 aromatic heterocycles. The molecule has 4 nitrogen and oxygen atoms in total. The smallest absolute Gasteiger partial charge is 0.196 e. The molecule has 0 bridgehead atoms. The Kier molecular flexibility index (Phi) is 5.17. The summed E-state index contributed by atoms with van der Waals surface area (Å²) in [6, 6.07) is 33.8. The molecular formula is C28H22N4S. The van der Waals surface area contributed by atoms with Gasteiger partial charge in [0.15, 0.2) is 5.16 Å². The number of fused-ring (bicyclic) bond motifs is 2.